The van der Waals surface area contributed by atoms with Gasteiger partial charge in [0.1, 0.15) is 0 Å². The quantitative estimate of drug-likeness (QED) is 0.228. The Morgan fingerprint density at radius 2 is 1.91 bits per heavy atom. The van der Waals surface area contributed by atoms with Gasteiger partial charge in [0, 0.05) is 35.1 Å². The van der Waals surface area contributed by atoms with Crippen LogP contribution in [0.4, 0.5) is 29.0 Å². The summed E-state index contributed by atoms with van der Waals surface area (Å²) in [5.74, 6) is 1.96. The number of rotatable bonds is 7. The molecule has 8 nitrogen and oxygen atoms in total. The van der Waals surface area contributed by atoms with E-state index >= 15 is 0 Å². The number of benzene rings is 2. The highest BCUT2D eigenvalue weighted by molar-refractivity contribution is 9.10. The van der Waals surface area contributed by atoms with E-state index in [1.54, 1.807) is 36.5 Å². The molecule has 2 aromatic heterocycles. The van der Waals surface area contributed by atoms with E-state index in [1.807, 2.05) is 24.3 Å². The number of aromatic nitrogens is 4. The Hall–Kier alpha value is -3.43. The van der Waals surface area contributed by atoms with E-state index in [0.717, 1.165) is 5.69 Å². The van der Waals surface area contributed by atoms with Gasteiger partial charge in [-0.05, 0) is 59.1 Å². The second kappa shape index (κ2) is 9.21. The van der Waals surface area contributed by atoms with Crippen molar-refractivity contribution < 1.29 is 4.79 Å². The van der Waals surface area contributed by atoms with Gasteiger partial charge in [0.15, 0.2) is 11.6 Å². The topological polar surface area (TPSA) is 108 Å². The van der Waals surface area contributed by atoms with E-state index < -0.39 is 0 Å². The first kappa shape index (κ1) is 21.4. The van der Waals surface area contributed by atoms with Gasteiger partial charge in [-0.3, -0.25) is 9.89 Å². The molecule has 166 valence electrons. The smallest absolute Gasteiger partial charge is 0.255 e. The number of nitrogens with zero attached hydrogens (tertiary/aromatic N) is 3. The lowest BCUT2D eigenvalue weighted by molar-refractivity contribution is 0.102. The van der Waals surface area contributed by atoms with Crippen LogP contribution < -0.4 is 16.0 Å². The number of H-pyrrole nitrogens is 1. The predicted octanol–water partition coefficient (Wildman–Crippen LogP) is 6.23. The largest absolute Gasteiger partial charge is 0.323 e. The van der Waals surface area contributed by atoms with Crippen molar-refractivity contribution in [3.8, 4) is 0 Å². The zero-order valence-corrected chi connectivity index (χ0v) is 19.6. The molecule has 5 rings (SSSR count). The molecule has 1 fully saturated rings. The zero-order chi connectivity index (χ0) is 22.8. The minimum absolute atomic E-state index is 0.209. The van der Waals surface area contributed by atoms with Crippen LogP contribution in [0.3, 0.4) is 0 Å². The number of carbonyl (C=O) groups excluding carboxylic acids is 1. The third kappa shape index (κ3) is 5.15. The Kier molecular flexibility index (Phi) is 5.97. The van der Waals surface area contributed by atoms with Gasteiger partial charge in [-0.2, -0.15) is 10.1 Å². The average Bonchev–Trinajstić information content (AvgIpc) is 3.57. The number of hydrogen-bond donors (Lipinski definition) is 4. The molecule has 1 amide bonds. The van der Waals surface area contributed by atoms with Gasteiger partial charge in [-0.15, -0.1) is 0 Å². The Morgan fingerprint density at radius 3 is 2.70 bits per heavy atom. The van der Waals surface area contributed by atoms with E-state index in [4.69, 9.17) is 11.6 Å². The SMILES string of the molecule is O=C(Nc1ccc(Cl)c(Nc2ncc(Br)c(Nc3cc(C4CC4)[nH]n3)n2)c1)c1ccccc1. The second-order valence-corrected chi connectivity index (χ2v) is 8.90. The second-order valence-electron chi connectivity index (χ2n) is 7.64. The van der Waals surface area contributed by atoms with Gasteiger partial charge in [0.05, 0.1) is 15.2 Å². The van der Waals surface area contributed by atoms with Crippen LogP contribution in [0.1, 0.15) is 34.8 Å². The highest BCUT2D eigenvalue weighted by Gasteiger charge is 2.25. The lowest BCUT2D eigenvalue weighted by Crippen LogP contribution is -2.11. The van der Waals surface area contributed by atoms with Gasteiger partial charge >= 0.3 is 0 Å². The Morgan fingerprint density at radius 1 is 1.09 bits per heavy atom. The maximum atomic E-state index is 12.5. The van der Waals surface area contributed by atoms with Crippen LogP contribution in [0, 0.1) is 0 Å². The molecule has 0 saturated heterocycles. The van der Waals surface area contributed by atoms with E-state index in [0.29, 0.717) is 49.9 Å². The van der Waals surface area contributed by atoms with E-state index in [2.05, 4.69) is 52.0 Å². The first-order chi connectivity index (χ1) is 16.0. The standard InChI is InChI=1S/C23H19BrClN7O/c24-16-12-26-23(30-21(16)29-20-11-18(31-32-20)13-6-7-13)28-19-10-15(8-9-17(19)25)27-22(33)14-4-2-1-3-5-14/h1-5,8-13H,6-7H2,(H,27,33)(H3,26,28,29,30,31,32). The third-order valence-corrected chi connectivity index (χ3v) is 6.02. The fourth-order valence-corrected chi connectivity index (χ4v) is 3.71. The molecule has 1 saturated carbocycles. The molecule has 4 aromatic rings. The van der Waals surface area contributed by atoms with Gasteiger partial charge in [0.25, 0.3) is 5.91 Å². The maximum absolute atomic E-state index is 12.5. The molecule has 1 aliphatic carbocycles. The van der Waals surface area contributed by atoms with Crippen molar-refractivity contribution in [2.75, 3.05) is 16.0 Å². The van der Waals surface area contributed by atoms with Crippen molar-refractivity contribution in [2.24, 2.45) is 0 Å². The summed E-state index contributed by atoms with van der Waals surface area (Å²) in [6.45, 7) is 0. The summed E-state index contributed by atoms with van der Waals surface area (Å²) >= 11 is 9.84. The molecule has 0 aliphatic heterocycles. The minimum Gasteiger partial charge on any atom is -0.323 e. The van der Waals surface area contributed by atoms with Crippen molar-refractivity contribution in [3.63, 3.8) is 0 Å². The molecule has 0 spiro atoms. The molecular weight excluding hydrogens is 506 g/mol. The van der Waals surface area contributed by atoms with E-state index in [-0.39, 0.29) is 5.91 Å². The van der Waals surface area contributed by atoms with E-state index in [9.17, 15) is 4.79 Å². The van der Waals surface area contributed by atoms with Gasteiger partial charge in [-0.1, -0.05) is 29.8 Å². The Bertz CT molecular complexity index is 1310. The number of hydrogen-bond acceptors (Lipinski definition) is 6. The molecule has 0 atom stereocenters. The third-order valence-electron chi connectivity index (χ3n) is 5.11. The molecule has 0 bridgehead atoms. The summed E-state index contributed by atoms with van der Waals surface area (Å²) in [5, 5.41) is 17.0. The van der Waals surface area contributed by atoms with E-state index in [1.165, 1.54) is 12.8 Å². The number of amides is 1. The molecule has 2 heterocycles. The molecule has 0 unspecified atom stereocenters. The van der Waals surface area contributed by atoms with Crippen LogP contribution in [0.15, 0.2) is 65.3 Å². The highest BCUT2D eigenvalue weighted by Crippen LogP contribution is 2.40. The van der Waals surface area contributed by atoms with Crippen LogP contribution in [-0.4, -0.2) is 26.1 Å². The summed E-state index contributed by atoms with van der Waals surface area (Å²) in [7, 11) is 0. The summed E-state index contributed by atoms with van der Waals surface area (Å²) in [5.41, 5.74) is 2.85. The predicted molar refractivity (Wildman–Crippen MR) is 133 cm³/mol. The normalized spacial score (nSPS) is 12.9. The van der Waals surface area contributed by atoms with Crippen LogP contribution >= 0.6 is 27.5 Å². The minimum atomic E-state index is -0.209. The summed E-state index contributed by atoms with van der Waals surface area (Å²) in [6, 6.07) is 16.2. The van der Waals surface area contributed by atoms with Crippen molar-refractivity contribution in [3.05, 3.63) is 81.5 Å². The maximum Gasteiger partial charge on any atom is 0.255 e. The lowest BCUT2D eigenvalue weighted by atomic mass is 10.2. The molecule has 0 radical (unpaired) electrons. The monoisotopic (exact) mass is 523 g/mol. The van der Waals surface area contributed by atoms with Crippen molar-refractivity contribution in [2.45, 2.75) is 18.8 Å². The molecule has 10 heteroatoms. The van der Waals surface area contributed by atoms with Crippen molar-refractivity contribution in [1.82, 2.24) is 20.2 Å². The van der Waals surface area contributed by atoms with Crippen LogP contribution in [0.25, 0.3) is 0 Å². The fourth-order valence-electron chi connectivity index (χ4n) is 3.25. The van der Waals surface area contributed by atoms with Gasteiger partial charge < -0.3 is 16.0 Å². The van der Waals surface area contributed by atoms with Crippen LogP contribution in [-0.2, 0) is 0 Å². The Balaban J connectivity index is 1.32. The Labute approximate surface area is 203 Å². The number of halogens is 2. The summed E-state index contributed by atoms with van der Waals surface area (Å²) < 4.78 is 0.694. The van der Waals surface area contributed by atoms with Gasteiger partial charge in [0.2, 0.25) is 5.95 Å². The van der Waals surface area contributed by atoms with Crippen molar-refractivity contribution >= 4 is 62.4 Å². The number of anilines is 5. The fraction of sp³-hybridized carbons (Fsp3) is 0.130. The first-order valence-corrected chi connectivity index (χ1v) is 11.5. The molecule has 4 N–H and O–H groups in total. The van der Waals surface area contributed by atoms with Gasteiger partial charge in [-0.25, -0.2) is 4.98 Å². The summed E-state index contributed by atoms with van der Waals surface area (Å²) in [4.78, 5) is 21.3. The first-order valence-electron chi connectivity index (χ1n) is 10.3. The van der Waals surface area contributed by atoms with Crippen LogP contribution in [0.5, 0.6) is 0 Å². The molecule has 33 heavy (non-hydrogen) atoms. The molecule has 1 aliphatic rings. The molecular formula is C23H19BrClN7O. The average molecular weight is 525 g/mol. The molecule has 2 aromatic carbocycles. The van der Waals surface area contributed by atoms with Crippen LogP contribution in [0.2, 0.25) is 5.02 Å². The summed E-state index contributed by atoms with van der Waals surface area (Å²) in [6.07, 6.45) is 4.03. The number of carbonyl (C=O) groups is 1. The highest BCUT2D eigenvalue weighted by atomic mass is 79.9. The number of aromatic amines is 1. The zero-order valence-electron chi connectivity index (χ0n) is 17.3. The lowest BCUT2D eigenvalue weighted by Gasteiger charge is -2.12. The number of nitrogens with one attached hydrogen (secondary N) is 4. The van der Waals surface area contributed by atoms with Crippen molar-refractivity contribution in [1.29, 1.82) is 0 Å².